The number of hydrogen-bond acceptors (Lipinski definition) is 5. The molecule has 1 aromatic rings. The minimum atomic E-state index is -3.53. The fourth-order valence-corrected chi connectivity index (χ4v) is 2.68. The van der Waals surface area contributed by atoms with Gasteiger partial charge in [-0.05, 0) is 24.3 Å². The number of rotatable bonds is 6. The molecule has 4 N–H and O–H groups in total. The number of benzene rings is 1. The third-order valence-electron chi connectivity index (χ3n) is 2.01. The van der Waals surface area contributed by atoms with Crippen molar-refractivity contribution in [3.8, 4) is 0 Å². The standard InChI is InChI=1S/C9H15N3O3S2/c1-16(13)7-6-11-17(14,15)9-4-2-8(12-10)3-5-9/h2-5,11-12H,6-7,10H2,1H3. The molecule has 17 heavy (non-hydrogen) atoms. The van der Waals surface area contributed by atoms with Crippen molar-refractivity contribution < 1.29 is 12.6 Å². The molecule has 8 heteroatoms. The maximum atomic E-state index is 11.8. The van der Waals surface area contributed by atoms with E-state index in [1.165, 1.54) is 18.4 Å². The van der Waals surface area contributed by atoms with Gasteiger partial charge in [0.2, 0.25) is 10.0 Å². The summed E-state index contributed by atoms with van der Waals surface area (Å²) in [6, 6.07) is 6.01. The lowest BCUT2D eigenvalue weighted by molar-refractivity contribution is 0.584. The van der Waals surface area contributed by atoms with Crippen LogP contribution in [0.15, 0.2) is 29.2 Å². The first-order valence-corrected chi connectivity index (χ1v) is 8.03. The topological polar surface area (TPSA) is 101 Å². The van der Waals surface area contributed by atoms with Crippen molar-refractivity contribution in [1.29, 1.82) is 0 Å². The van der Waals surface area contributed by atoms with Crippen molar-refractivity contribution in [2.24, 2.45) is 5.84 Å². The molecule has 1 rings (SSSR count). The Bertz CT molecular complexity index is 485. The highest BCUT2D eigenvalue weighted by atomic mass is 32.2. The third-order valence-corrected chi connectivity index (χ3v) is 4.27. The molecule has 0 aliphatic rings. The van der Waals surface area contributed by atoms with Gasteiger partial charge in [0.05, 0.1) is 4.90 Å². The molecule has 0 amide bonds. The smallest absolute Gasteiger partial charge is 0.240 e. The van der Waals surface area contributed by atoms with Crippen LogP contribution >= 0.6 is 0 Å². The molecular formula is C9H15N3O3S2. The number of nitrogens with one attached hydrogen (secondary N) is 2. The van der Waals surface area contributed by atoms with Crippen LogP contribution in [0.5, 0.6) is 0 Å². The summed E-state index contributed by atoms with van der Waals surface area (Å²) in [6.45, 7) is 0.155. The molecule has 96 valence electrons. The maximum Gasteiger partial charge on any atom is 0.240 e. The van der Waals surface area contributed by atoms with Crippen LogP contribution in [0.1, 0.15) is 0 Å². The van der Waals surface area contributed by atoms with E-state index in [2.05, 4.69) is 10.1 Å². The molecule has 0 fully saturated rings. The van der Waals surface area contributed by atoms with Crippen LogP contribution in [-0.4, -0.2) is 31.2 Å². The van der Waals surface area contributed by atoms with Crippen LogP contribution in [0.25, 0.3) is 0 Å². The molecule has 0 radical (unpaired) electrons. The van der Waals surface area contributed by atoms with Gasteiger partial charge in [0.15, 0.2) is 0 Å². The Hall–Kier alpha value is -0.960. The Morgan fingerprint density at radius 2 is 1.88 bits per heavy atom. The van der Waals surface area contributed by atoms with Gasteiger partial charge in [-0.2, -0.15) is 0 Å². The molecule has 0 bridgehead atoms. The van der Waals surface area contributed by atoms with E-state index in [1.807, 2.05) is 0 Å². The monoisotopic (exact) mass is 277 g/mol. The van der Waals surface area contributed by atoms with Gasteiger partial charge in [0.25, 0.3) is 0 Å². The maximum absolute atomic E-state index is 11.8. The van der Waals surface area contributed by atoms with Crippen molar-refractivity contribution in [3.63, 3.8) is 0 Å². The summed E-state index contributed by atoms with van der Waals surface area (Å²) in [4.78, 5) is 0.151. The summed E-state index contributed by atoms with van der Waals surface area (Å²) in [5, 5.41) is 0. The van der Waals surface area contributed by atoms with Crippen molar-refractivity contribution in [1.82, 2.24) is 4.72 Å². The summed E-state index contributed by atoms with van der Waals surface area (Å²) in [5.41, 5.74) is 3.03. The van der Waals surface area contributed by atoms with Crippen molar-refractivity contribution >= 4 is 26.5 Å². The van der Waals surface area contributed by atoms with Gasteiger partial charge >= 0.3 is 0 Å². The fraction of sp³-hybridized carbons (Fsp3) is 0.333. The van der Waals surface area contributed by atoms with Crippen LogP contribution in [0.2, 0.25) is 0 Å². The molecule has 0 saturated carbocycles. The highest BCUT2D eigenvalue weighted by Crippen LogP contribution is 2.12. The molecule has 0 saturated heterocycles. The lowest BCUT2D eigenvalue weighted by Gasteiger charge is -2.06. The molecule has 1 atom stereocenters. The average Bonchev–Trinajstić information content (AvgIpc) is 2.28. The Labute approximate surface area is 103 Å². The number of anilines is 1. The summed E-state index contributed by atoms with van der Waals surface area (Å²) in [7, 11) is -4.55. The highest BCUT2D eigenvalue weighted by molar-refractivity contribution is 7.89. The quantitative estimate of drug-likeness (QED) is 0.486. The van der Waals surface area contributed by atoms with Gasteiger partial charge in [-0.3, -0.25) is 10.1 Å². The van der Waals surface area contributed by atoms with E-state index >= 15 is 0 Å². The number of sulfonamides is 1. The van der Waals surface area contributed by atoms with E-state index in [0.717, 1.165) is 0 Å². The first-order valence-electron chi connectivity index (χ1n) is 4.82. The van der Waals surface area contributed by atoms with Crippen LogP contribution < -0.4 is 16.0 Å². The van der Waals surface area contributed by atoms with Gasteiger partial charge in [0.1, 0.15) is 0 Å². The summed E-state index contributed by atoms with van der Waals surface area (Å²) in [5.74, 6) is 5.47. The lowest BCUT2D eigenvalue weighted by Crippen LogP contribution is -2.27. The predicted molar refractivity (Wildman–Crippen MR) is 68.4 cm³/mol. The van der Waals surface area contributed by atoms with E-state index < -0.39 is 20.8 Å². The summed E-state index contributed by atoms with van der Waals surface area (Å²) in [6.07, 6.45) is 1.52. The third kappa shape index (κ3) is 4.43. The van der Waals surface area contributed by atoms with Gasteiger partial charge in [-0.25, -0.2) is 13.1 Å². The summed E-state index contributed by atoms with van der Waals surface area (Å²) >= 11 is 0. The van der Waals surface area contributed by atoms with E-state index in [4.69, 9.17) is 5.84 Å². The average molecular weight is 277 g/mol. The molecule has 0 aliphatic carbocycles. The van der Waals surface area contributed by atoms with Gasteiger partial charge in [-0.1, -0.05) is 0 Å². The number of nitrogen functional groups attached to an aromatic ring is 1. The molecule has 1 aromatic carbocycles. The van der Waals surface area contributed by atoms with E-state index in [1.54, 1.807) is 12.1 Å². The zero-order valence-electron chi connectivity index (χ0n) is 9.34. The number of hydrogen-bond donors (Lipinski definition) is 3. The van der Waals surface area contributed by atoms with Gasteiger partial charge < -0.3 is 5.43 Å². The SMILES string of the molecule is CS(=O)CCNS(=O)(=O)c1ccc(NN)cc1. The van der Waals surface area contributed by atoms with Crippen LogP contribution in [0.3, 0.4) is 0 Å². The van der Waals surface area contributed by atoms with Crippen molar-refractivity contribution in [3.05, 3.63) is 24.3 Å². The van der Waals surface area contributed by atoms with Crippen LogP contribution in [0, 0.1) is 0 Å². The zero-order valence-corrected chi connectivity index (χ0v) is 11.0. The second-order valence-corrected chi connectivity index (χ2v) is 6.67. The fourth-order valence-electron chi connectivity index (χ4n) is 1.13. The molecular weight excluding hydrogens is 262 g/mol. The van der Waals surface area contributed by atoms with Crippen LogP contribution in [-0.2, 0) is 20.8 Å². The molecule has 0 aliphatic heterocycles. The summed E-state index contributed by atoms with van der Waals surface area (Å²) < 4.78 is 36.7. The molecule has 6 nitrogen and oxygen atoms in total. The Kier molecular flexibility index (Phi) is 5.06. The number of nitrogens with two attached hydrogens (primary N) is 1. The minimum absolute atomic E-state index is 0.151. The van der Waals surface area contributed by atoms with E-state index in [-0.39, 0.29) is 11.4 Å². The van der Waals surface area contributed by atoms with Crippen LogP contribution in [0.4, 0.5) is 5.69 Å². The first-order chi connectivity index (χ1) is 7.95. The van der Waals surface area contributed by atoms with E-state index in [0.29, 0.717) is 11.4 Å². The largest absolute Gasteiger partial charge is 0.324 e. The zero-order chi connectivity index (χ0) is 12.9. The van der Waals surface area contributed by atoms with Crippen molar-refractivity contribution in [2.75, 3.05) is 24.0 Å². The van der Waals surface area contributed by atoms with Gasteiger partial charge in [0, 0.05) is 35.0 Å². The lowest BCUT2D eigenvalue weighted by atomic mass is 10.3. The molecule has 0 heterocycles. The number of hydrazine groups is 1. The first kappa shape index (κ1) is 14.1. The highest BCUT2D eigenvalue weighted by Gasteiger charge is 2.12. The molecule has 0 aromatic heterocycles. The molecule has 1 unspecified atom stereocenters. The second kappa shape index (κ2) is 6.10. The minimum Gasteiger partial charge on any atom is -0.324 e. The normalized spacial score (nSPS) is 13.3. The Balaban J connectivity index is 2.72. The molecule has 0 spiro atoms. The van der Waals surface area contributed by atoms with Crippen molar-refractivity contribution in [2.45, 2.75) is 4.90 Å². The van der Waals surface area contributed by atoms with E-state index in [9.17, 15) is 12.6 Å². The Morgan fingerprint density at radius 3 is 2.35 bits per heavy atom. The predicted octanol–water partition coefficient (Wildman–Crippen LogP) is -0.371. The second-order valence-electron chi connectivity index (χ2n) is 3.34. The van der Waals surface area contributed by atoms with Gasteiger partial charge in [-0.15, -0.1) is 0 Å². The Morgan fingerprint density at radius 1 is 1.29 bits per heavy atom.